The summed E-state index contributed by atoms with van der Waals surface area (Å²) in [7, 11) is 0. The lowest BCUT2D eigenvalue weighted by Crippen LogP contribution is -2.15. The number of carboxylic acid groups (broad SMARTS) is 1. The van der Waals surface area contributed by atoms with Crippen LogP contribution < -0.4 is 0 Å². The largest absolute Gasteiger partial charge is 0.481 e. The van der Waals surface area contributed by atoms with Crippen molar-refractivity contribution in [3.8, 4) is 0 Å². The van der Waals surface area contributed by atoms with Crippen LogP contribution in [0, 0.1) is 0 Å². The van der Waals surface area contributed by atoms with Gasteiger partial charge in [0, 0.05) is 6.54 Å². The minimum atomic E-state index is -0.894. The van der Waals surface area contributed by atoms with Gasteiger partial charge < -0.3 is 5.11 Å². The van der Waals surface area contributed by atoms with Crippen molar-refractivity contribution in [3.05, 3.63) is 5.82 Å². The third kappa shape index (κ3) is 4.43. The van der Waals surface area contributed by atoms with Gasteiger partial charge in [0.1, 0.15) is 5.92 Å². The molecule has 1 aromatic heterocycles. The second-order valence-electron chi connectivity index (χ2n) is 4.59. The zero-order valence-electron chi connectivity index (χ0n) is 11.2. The number of aliphatic carboxylic acids is 1. The molecule has 0 aliphatic carbocycles. The van der Waals surface area contributed by atoms with Crippen LogP contribution in [0.1, 0.15) is 64.1 Å². The molecular weight excluding hydrogens is 232 g/mol. The Hall–Kier alpha value is -1.46. The zero-order valence-corrected chi connectivity index (χ0v) is 11.2. The summed E-state index contributed by atoms with van der Waals surface area (Å²) in [6, 6.07) is 0. The number of hydrogen-bond acceptors (Lipinski definition) is 4. The van der Waals surface area contributed by atoms with Crippen molar-refractivity contribution in [2.24, 2.45) is 0 Å². The maximum Gasteiger partial charge on any atom is 0.314 e. The van der Waals surface area contributed by atoms with Crippen LogP contribution in [0.4, 0.5) is 0 Å². The molecule has 1 unspecified atom stereocenters. The van der Waals surface area contributed by atoms with E-state index in [4.69, 9.17) is 5.11 Å². The molecule has 6 heteroatoms. The number of aryl methyl sites for hydroxylation is 1. The molecular formula is C12H22N4O2. The molecule has 0 radical (unpaired) electrons. The van der Waals surface area contributed by atoms with E-state index in [1.54, 1.807) is 11.6 Å². The number of aromatic nitrogens is 4. The molecule has 1 atom stereocenters. The molecule has 0 amide bonds. The molecule has 0 saturated heterocycles. The highest BCUT2D eigenvalue weighted by molar-refractivity contribution is 5.74. The van der Waals surface area contributed by atoms with E-state index in [9.17, 15) is 4.79 Å². The molecule has 0 aromatic carbocycles. The first kappa shape index (κ1) is 14.6. The molecule has 0 aliphatic rings. The van der Waals surface area contributed by atoms with Crippen LogP contribution in [0.25, 0.3) is 0 Å². The molecule has 1 rings (SSSR count). The van der Waals surface area contributed by atoms with Gasteiger partial charge in [-0.15, -0.1) is 5.10 Å². The summed E-state index contributed by atoms with van der Waals surface area (Å²) in [5, 5.41) is 20.1. The van der Waals surface area contributed by atoms with Crippen LogP contribution in [0.3, 0.4) is 0 Å². The van der Waals surface area contributed by atoms with E-state index in [1.165, 1.54) is 25.7 Å². The Kier molecular flexibility index (Phi) is 6.32. The van der Waals surface area contributed by atoms with E-state index in [2.05, 4.69) is 22.4 Å². The summed E-state index contributed by atoms with van der Waals surface area (Å²) >= 11 is 0. The molecule has 0 saturated carbocycles. The molecule has 0 fully saturated rings. The first-order valence-corrected chi connectivity index (χ1v) is 6.65. The number of carboxylic acids is 1. The Morgan fingerprint density at radius 1 is 1.28 bits per heavy atom. The summed E-state index contributed by atoms with van der Waals surface area (Å²) in [6.07, 6.45) is 7.15. The van der Waals surface area contributed by atoms with Crippen molar-refractivity contribution in [2.45, 2.75) is 64.8 Å². The minimum absolute atomic E-state index is 0.441. The van der Waals surface area contributed by atoms with Crippen LogP contribution >= 0.6 is 0 Å². The van der Waals surface area contributed by atoms with Crippen molar-refractivity contribution in [3.63, 3.8) is 0 Å². The van der Waals surface area contributed by atoms with Crippen molar-refractivity contribution in [1.29, 1.82) is 0 Å². The Labute approximate surface area is 107 Å². The lowest BCUT2D eigenvalue weighted by molar-refractivity contribution is -0.138. The first-order valence-electron chi connectivity index (χ1n) is 6.65. The Balaban J connectivity index is 2.34. The van der Waals surface area contributed by atoms with E-state index in [0.29, 0.717) is 12.4 Å². The third-order valence-electron chi connectivity index (χ3n) is 3.04. The van der Waals surface area contributed by atoms with Gasteiger partial charge >= 0.3 is 5.97 Å². The quantitative estimate of drug-likeness (QED) is 0.683. The van der Waals surface area contributed by atoms with Gasteiger partial charge in [0.2, 0.25) is 0 Å². The van der Waals surface area contributed by atoms with Gasteiger partial charge in [0.05, 0.1) is 0 Å². The van der Waals surface area contributed by atoms with Gasteiger partial charge in [-0.05, 0) is 23.8 Å². The van der Waals surface area contributed by atoms with Crippen molar-refractivity contribution in [1.82, 2.24) is 20.2 Å². The Bertz CT molecular complexity index is 365. The fourth-order valence-electron chi connectivity index (χ4n) is 1.83. The van der Waals surface area contributed by atoms with Gasteiger partial charge in [0.15, 0.2) is 5.82 Å². The van der Waals surface area contributed by atoms with Gasteiger partial charge in [-0.2, -0.15) is 0 Å². The van der Waals surface area contributed by atoms with Crippen LogP contribution in [-0.2, 0) is 11.3 Å². The molecule has 6 nitrogen and oxygen atoms in total. The standard InChI is InChI=1S/C12H22N4O2/c1-3-4-5-6-7-8-9-16-11(13-14-15-16)10(2)12(17)18/h10H,3-9H2,1-2H3,(H,17,18). The van der Waals surface area contributed by atoms with Gasteiger partial charge in [-0.25, -0.2) is 4.68 Å². The van der Waals surface area contributed by atoms with E-state index in [-0.39, 0.29) is 0 Å². The molecule has 1 aromatic rings. The summed E-state index contributed by atoms with van der Waals surface area (Å²) in [6.45, 7) is 4.50. The Morgan fingerprint density at radius 3 is 2.61 bits per heavy atom. The second kappa shape index (κ2) is 7.79. The van der Waals surface area contributed by atoms with E-state index < -0.39 is 11.9 Å². The summed E-state index contributed by atoms with van der Waals surface area (Å²) < 4.78 is 1.61. The number of unbranched alkanes of at least 4 members (excludes halogenated alkanes) is 5. The summed E-state index contributed by atoms with van der Waals surface area (Å²) in [5.74, 6) is -1.11. The number of rotatable bonds is 9. The van der Waals surface area contributed by atoms with E-state index in [1.807, 2.05) is 0 Å². The molecule has 0 bridgehead atoms. The monoisotopic (exact) mass is 254 g/mol. The smallest absolute Gasteiger partial charge is 0.314 e. The molecule has 1 heterocycles. The third-order valence-corrected chi connectivity index (χ3v) is 3.04. The normalized spacial score (nSPS) is 12.6. The SMILES string of the molecule is CCCCCCCCn1nnnc1C(C)C(=O)O. The molecule has 18 heavy (non-hydrogen) atoms. The number of carbonyl (C=O) groups is 1. The van der Waals surface area contributed by atoms with Crippen LogP contribution in [0.15, 0.2) is 0 Å². The number of nitrogens with zero attached hydrogens (tertiary/aromatic N) is 4. The second-order valence-corrected chi connectivity index (χ2v) is 4.59. The van der Waals surface area contributed by atoms with Crippen LogP contribution in [0.5, 0.6) is 0 Å². The van der Waals surface area contributed by atoms with Crippen molar-refractivity contribution in [2.75, 3.05) is 0 Å². The summed E-state index contributed by atoms with van der Waals surface area (Å²) in [5.41, 5.74) is 0. The van der Waals surface area contributed by atoms with Crippen LogP contribution in [0.2, 0.25) is 0 Å². The van der Waals surface area contributed by atoms with E-state index in [0.717, 1.165) is 12.8 Å². The average Bonchev–Trinajstić information content (AvgIpc) is 2.80. The average molecular weight is 254 g/mol. The first-order chi connectivity index (χ1) is 8.66. The fraction of sp³-hybridized carbons (Fsp3) is 0.833. The molecule has 0 aliphatic heterocycles. The number of hydrogen-bond donors (Lipinski definition) is 1. The minimum Gasteiger partial charge on any atom is -0.481 e. The lowest BCUT2D eigenvalue weighted by Gasteiger charge is -2.07. The topological polar surface area (TPSA) is 80.9 Å². The highest BCUT2D eigenvalue weighted by Gasteiger charge is 2.20. The lowest BCUT2D eigenvalue weighted by atomic mass is 10.1. The van der Waals surface area contributed by atoms with Crippen molar-refractivity contribution >= 4 is 5.97 Å². The number of tetrazole rings is 1. The maximum atomic E-state index is 10.9. The predicted molar refractivity (Wildman–Crippen MR) is 67.2 cm³/mol. The predicted octanol–water partition coefficient (Wildman–Crippen LogP) is 2.22. The zero-order chi connectivity index (χ0) is 13.4. The van der Waals surface area contributed by atoms with Crippen LogP contribution in [-0.4, -0.2) is 31.3 Å². The maximum absolute atomic E-state index is 10.9. The van der Waals surface area contributed by atoms with E-state index >= 15 is 0 Å². The summed E-state index contributed by atoms with van der Waals surface area (Å²) in [4.78, 5) is 10.9. The molecule has 102 valence electrons. The fourth-order valence-corrected chi connectivity index (χ4v) is 1.83. The highest BCUT2D eigenvalue weighted by Crippen LogP contribution is 2.12. The van der Waals surface area contributed by atoms with Gasteiger partial charge in [-0.3, -0.25) is 4.79 Å². The van der Waals surface area contributed by atoms with Gasteiger partial charge in [-0.1, -0.05) is 39.0 Å². The Morgan fingerprint density at radius 2 is 1.94 bits per heavy atom. The van der Waals surface area contributed by atoms with Crippen molar-refractivity contribution < 1.29 is 9.90 Å². The molecule has 0 spiro atoms. The molecule has 1 N–H and O–H groups in total. The highest BCUT2D eigenvalue weighted by atomic mass is 16.4. The van der Waals surface area contributed by atoms with Gasteiger partial charge in [0.25, 0.3) is 0 Å².